The third kappa shape index (κ3) is 4.85. The number of sulfonamides is 1. The summed E-state index contributed by atoms with van der Waals surface area (Å²) in [6.07, 6.45) is 0.526. The molecule has 6 nitrogen and oxygen atoms in total. The molecule has 2 heterocycles. The van der Waals surface area contributed by atoms with E-state index >= 15 is 0 Å². The zero-order chi connectivity index (χ0) is 24.6. The summed E-state index contributed by atoms with van der Waals surface area (Å²) < 4.78 is 47.9. The second-order valence-electron chi connectivity index (χ2n) is 8.89. The van der Waals surface area contributed by atoms with Crippen LogP contribution < -0.4 is 9.62 Å². The number of benzene rings is 3. The summed E-state index contributed by atoms with van der Waals surface area (Å²) in [6.45, 7) is 4.38. The van der Waals surface area contributed by atoms with Crippen LogP contribution in [0.25, 0.3) is 11.1 Å². The van der Waals surface area contributed by atoms with E-state index in [-0.39, 0.29) is 22.5 Å². The van der Waals surface area contributed by atoms with E-state index in [2.05, 4.69) is 39.0 Å². The quantitative estimate of drug-likeness (QED) is 0.411. The second kappa shape index (κ2) is 9.28. The molecule has 180 valence electrons. The highest BCUT2D eigenvalue weighted by molar-refractivity contribution is 7.89. The number of rotatable bonds is 6. The smallest absolute Gasteiger partial charge is 0.246 e. The van der Waals surface area contributed by atoms with Gasteiger partial charge in [-0.05, 0) is 66.8 Å². The lowest BCUT2D eigenvalue weighted by Crippen LogP contribution is -2.48. The summed E-state index contributed by atoms with van der Waals surface area (Å²) in [4.78, 5) is 2.29. The lowest BCUT2D eigenvalue weighted by atomic mass is 9.94. The van der Waals surface area contributed by atoms with E-state index in [0.29, 0.717) is 25.2 Å². The minimum atomic E-state index is -3.82. The molecule has 0 fully saturated rings. The Labute approximate surface area is 204 Å². The van der Waals surface area contributed by atoms with Crippen molar-refractivity contribution in [3.63, 3.8) is 0 Å². The van der Waals surface area contributed by atoms with E-state index in [1.54, 1.807) is 26.0 Å². The van der Waals surface area contributed by atoms with E-state index in [0.717, 1.165) is 27.9 Å². The van der Waals surface area contributed by atoms with E-state index in [1.807, 2.05) is 24.3 Å². The van der Waals surface area contributed by atoms with Gasteiger partial charge in [0.05, 0.1) is 0 Å². The first-order valence-electron chi connectivity index (χ1n) is 11.4. The summed E-state index contributed by atoms with van der Waals surface area (Å²) >= 11 is 0. The van der Waals surface area contributed by atoms with Gasteiger partial charge in [0.1, 0.15) is 16.4 Å². The van der Waals surface area contributed by atoms with Gasteiger partial charge in [0.25, 0.3) is 0 Å². The van der Waals surface area contributed by atoms with Crippen LogP contribution in [0.1, 0.15) is 22.6 Å². The Morgan fingerprint density at radius 2 is 1.74 bits per heavy atom. The van der Waals surface area contributed by atoms with Gasteiger partial charge in [-0.15, -0.1) is 0 Å². The summed E-state index contributed by atoms with van der Waals surface area (Å²) in [5.41, 5.74) is 5.43. The molecule has 0 saturated carbocycles. The zero-order valence-corrected chi connectivity index (χ0v) is 20.3. The summed E-state index contributed by atoms with van der Waals surface area (Å²) in [5.74, 6) is -0.0134. The van der Waals surface area contributed by atoms with Crippen molar-refractivity contribution in [1.82, 2.24) is 9.88 Å². The van der Waals surface area contributed by atoms with Crippen molar-refractivity contribution in [3.05, 3.63) is 101 Å². The molecule has 1 atom stereocenters. The number of hydrogen-bond acceptors (Lipinski definition) is 5. The number of nitrogens with zero attached hydrogens (tertiary/aromatic N) is 2. The third-order valence-electron chi connectivity index (χ3n) is 6.28. The van der Waals surface area contributed by atoms with Gasteiger partial charge in [0.15, 0.2) is 5.76 Å². The fourth-order valence-corrected chi connectivity index (χ4v) is 6.30. The monoisotopic (exact) mass is 491 g/mol. The Kier molecular flexibility index (Phi) is 6.17. The molecule has 0 saturated heterocycles. The van der Waals surface area contributed by atoms with Crippen molar-refractivity contribution in [2.24, 2.45) is 0 Å². The standard InChI is InChI=1S/C27H26FN3O3S/c1-18-27(19(2)34-29-18)35(32,33)30-25-15-23-14-22(21-8-11-24(28)12-9-21)10-13-26(23)31(17-25)16-20-6-4-3-5-7-20/h3-14,25,30H,15-17H2,1-2H3. The average Bonchev–Trinajstić information content (AvgIpc) is 3.18. The van der Waals surface area contributed by atoms with Gasteiger partial charge in [-0.1, -0.05) is 53.7 Å². The lowest BCUT2D eigenvalue weighted by Gasteiger charge is -2.36. The van der Waals surface area contributed by atoms with E-state index in [9.17, 15) is 12.8 Å². The number of aryl methyl sites for hydroxylation is 2. The van der Waals surface area contributed by atoms with Crippen molar-refractivity contribution in [2.75, 3.05) is 11.4 Å². The van der Waals surface area contributed by atoms with Crippen LogP contribution in [0.2, 0.25) is 0 Å². The summed E-state index contributed by atoms with van der Waals surface area (Å²) in [5, 5.41) is 3.80. The number of aromatic nitrogens is 1. The van der Waals surface area contributed by atoms with Crippen LogP contribution in [-0.4, -0.2) is 26.2 Å². The first kappa shape index (κ1) is 23.3. The molecule has 1 N–H and O–H groups in total. The molecular weight excluding hydrogens is 465 g/mol. The average molecular weight is 492 g/mol. The Balaban J connectivity index is 1.50. The van der Waals surface area contributed by atoms with Gasteiger partial charge in [0.2, 0.25) is 10.0 Å². The van der Waals surface area contributed by atoms with Gasteiger partial charge in [-0.2, -0.15) is 0 Å². The van der Waals surface area contributed by atoms with Crippen molar-refractivity contribution >= 4 is 15.7 Å². The third-order valence-corrected chi connectivity index (χ3v) is 8.04. The number of nitrogens with one attached hydrogen (secondary N) is 1. The normalized spacial score (nSPS) is 15.7. The van der Waals surface area contributed by atoms with Crippen molar-refractivity contribution in [1.29, 1.82) is 0 Å². The van der Waals surface area contributed by atoms with E-state index in [4.69, 9.17) is 4.52 Å². The van der Waals surface area contributed by atoms with Gasteiger partial charge in [-0.25, -0.2) is 17.5 Å². The van der Waals surface area contributed by atoms with Crippen LogP contribution in [0.3, 0.4) is 0 Å². The molecule has 35 heavy (non-hydrogen) atoms. The maximum Gasteiger partial charge on any atom is 0.246 e. The molecular formula is C27H26FN3O3S. The molecule has 0 spiro atoms. The Bertz CT molecular complexity index is 1430. The molecule has 0 aliphatic carbocycles. The highest BCUT2D eigenvalue weighted by Crippen LogP contribution is 2.33. The van der Waals surface area contributed by atoms with Crippen LogP contribution in [0.15, 0.2) is 82.2 Å². The van der Waals surface area contributed by atoms with Gasteiger partial charge in [-0.3, -0.25) is 0 Å². The highest BCUT2D eigenvalue weighted by atomic mass is 32.2. The lowest BCUT2D eigenvalue weighted by molar-refractivity contribution is 0.390. The van der Waals surface area contributed by atoms with Crippen LogP contribution in [0.5, 0.6) is 0 Å². The van der Waals surface area contributed by atoms with Gasteiger partial charge < -0.3 is 9.42 Å². The first-order valence-corrected chi connectivity index (χ1v) is 12.9. The van der Waals surface area contributed by atoms with E-state index < -0.39 is 10.0 Å². The number of halogens is 1. The minimum Gasteiger partial charge on any atom is -0.365 e. The molecule has 3 aromatic carbocycles. The molecule has 0 amide bonds. The highest BCUT2D eigenvalue weighted by Gasteiger charge is 2.31. The molecule has 0 bridgehead atoms. The van der Waals surface area contributed by atoms with Crippen molar-refractivity contribution < 1.29 is 17.3 Å². The van der Waals surface area contributed by atoms with Crippen molar-refractivity contribution in [2.45, 2.75) is 37.8 Å². The Morgan fingerprint density at radius 1 is 1.03 bits per heavy atom. The zero-order valence-electron chi connectivity index (χ0n) is 19.5. The van der Waals surface area contributed by atoms with Gasteiger partial charge >= 0.3 is 0 Å². The maximum atomic E-state index is 13.4. The molecule has 0 radical (unpaired) electrons. The maximum absolute atomic E-state index is 13.4. The van der Waals surface area contributed by atoms with Crippen LogP contribution >= 0.6 is 0 Å². The predicted molar refractivity (Wildman–Crippen MR) is 133 cm³/mol. The topological polar surface area (TPSA) is 75.4 Å². The fourth-order valence-electron chi connectivity index (χ4n) is 4.74. The molecule has 5 rings (SSSR count). The van der Waals surface area contributed by atoms with E-state index in [1.165, 1.54) is 12.1 Å². The summed E-state index contributed by atoms with van der Waals surface area (Å²) in [7, 11) is -3.82. The first-order chi connectivity index (χ1) is 16.8. The fraction of sp³-hybridized carbons (Fsp3) is 0.222. The number of anilines is 1. The SMILES string of the molecule is Cc1noc(C)c1S(=O)(=O)NC1Cc2cc(-c3ccc(F)cc3)ccc2N(Cc2ccccc2)C1. The largest absolute Gasteiger partial charge is 0.365 e. The predicted octanol–water partition coefficient (Wildman–Crippen LogP) is 5.01. The number of fused-ring (bicyclic) bond motifs is 1. The molecule has 8 heteroatoms. The second-order valence-corrected chi connectivity index (χ2v) is 10.5. The molecule has 1 aromatic heterocycles. The molecule has 1 aliphatic rings. The number of hydrogen-bond donors (Lipinski definition) is 1. The Morgan fingerprint density at radius 3 is 2.43 bits per heavy atom. The Hall–Kier alpha value is -3.49. The van der Waals surface area contributed by atoms with Crippen LogP contribution in [-0.2, 0) is 23.0 Å². The van der Waals surface area contributed by atoms with Crippen LogP contribution in [0, 0.1) is 19.7 Å². The van der Waals surface area contributed by atoms with Gasteiger partial charge in [0, 0.05) is 24.8 Å². The molecule has 1 unspecified atom stereocenters. The molecule has 4 aromatic rings. The van der Waals surface area contributed by atoms with Crippen LogP contribution in [0.4, 0.5) is 10.1 Å². The van der Waals surface area contributed by atoms with Crippen molar-refractivity contribution in [3.8, 4) is 11.1 Å². The summed E-state index contributed by atoms with van der Waals surface area (Å²) in [6, 6.07) is 22.3. The minimum absolute atomic E-state index is 0.0953. The molecule has 1 aliphatic heterocycles.